The van der Waals surface area contributed by atoms with E-state index in [1.165, 1.54) is 65.5 Å². The van der Waals surface area contributed by atoms with Gasteiger partial charge in [-0.15, -0.1) is 0 Å². The molecule has 5 heterocycles. The molecule has 7 N–H and O–H groups in total. The molecule has 8 aromatic rings. The molecule has 4 aromatic carbocycles. The van der Waals surface area contributed by atoms with Crippen molar-refractivity contribution in [1.82, 2.24) is 50.0 Å². The summed E-state index contributed by atoms with van der Waals surface area (Å²) in [4.78, 5) is 91.2. The maximum absolute atomic E-state index is 13.4. The quantitative estimate of drug-likeness (QED) is 0.0199. The number of nitrogens with zero attached hydrogens (tertiary/aromatic N) is 8. The summed E-state index contributed by atoms with van der Waals surface area (Å²) < 4.78 is 14.9. The minimum atomic E-state index is -0.710. The number of aliphatic hydroxyl groups excluding tert-OH is 1. The highest BCUT2D eigenvalue weighted by atomic mass is 35.5. The number of carbonyl (C=O) groups is 4. The Morgan fingerprint density at radius 2 is 0.971 bits per heavy atom. The molecule has 0 bridgehead atoms. The monoisotopic (exact) mass is 1470 g/mol. The smallest absolute Gasteiger partial charge is 0.323 e. The summed E-state index contributed by atoms with van der Waals surface area (Å²) in [5.41, 5.74) is 6.06. The van der Waals surface area contributed by atoms with E-state index >= 15 is 0 Å². The summed E-state index contributed by atoms with van der Waals surface area (Å²) in [5.74, 6) is 2.05. The number of ether oxygens (including phenoxy) is 2. The Balaban J connectivity index is 0.000000220. The number of urea groups is 2. The van der Waals surface area contributed by atoms with Crippen LogP contribution in [0.2, 0.25) is 20.1 Å². The number of amides is 6. The molecule has 27 heteroatoms. The summed E-state index contributed by atoms with van der Waals surface area (Å²) in [6, 6.07) is 28.1. The molecular formula is C75H86Cl4N14O9. The number of halogens is 4. The first-order chi connectivity index (χ1) is 49.4. The lowest BCUT2D eigenvalue weighted by molar-refractivity contribution is 0.0940. The molecule has 11 rings (SSSR count). The van der Waals surface area contributed by atoms with Gasteiger partial charge in [0.2, 0.25) is 0 Å². The average Bonchev–Trinajstić information content (AvgIpc) is 1.18. The lowest BCUT2D eigenvalue weighted by Gasteiger charge is -2.26. The van der Waals surface area contributed by atoms with E-state index in [4.69, 9.17) is 61.0 Å². The molecule has 3 aliphatic rings. The van der Waals surface area contributed by atoms with Crippen LogP contribution in [0, 0.1) is 11.8 Å². The van der Waals surface area contributed by atoms with E-state index in [1.54, 1.807) is 26.0 Å². The summed E-state index contributed by atoms with van der Waals surface area (Å²) in [7, 11) is 2.02. The largest absolute Gasteiger partial charge is 0.493 e. The normalized spacial score (nSPS) is 13.5. The number of likely N-dealkylation sites (N-methyl/N-ethyl adjacent to an activating group) is 1. The van der Waals surface area contributed by atoms with E-state index in [1.807, 2.05) is 79.8 Å². The van der Waals surface area contributed by atoms with Gasteiger partial charge in [0.25, 0.3) is 22.9 Å². The van der Waals surface area contributed by atoms with Gasteiger partial charge in [-0.25, -0.2) is 19.0 Å². The number of aliphatic hydroxyl groups is 1. The zero-order valence-corrected chi connectivity index (χ0v) is 60.5. The van der Waals surface area contributed by atoms with Crippen molar-refractivity contribution in [3.63, 3.8) is 0 Å². The predicted molar refractivity (Wildman–Crippen MR) is 403 cm³/mol. The maximum atomic E-state index is 13.4. The molecule has 2 aliphatic carbocycles. The number of unbranched alkanes of at least 4 members (excludes halogenated alkanes) is 4. The number of pyridine rings is 2. The van der Waals surface area contributed by atoms with Gasteiger partial charge in [0.05, 0.1) is 62.7 Å². The van der Waals surface area contributed by atoms with Crippen LogP contribution in [-0.2, 0) is 13.1 Å². The minimum Gasteiger partial charge on any atom is -0.493 e. The van der Waals surface area contributed by atoms with Gasteiger partial charge in [-0.05, 0) is 187 Å². The molecule has 1 aliphatic heterocycles. The number of likely N-dealkylation sites (tertiary alicyclic amines) is 1. The Labute approximate surface area is 613 Å². The first-order valence-corrected chi connectivity index (χ1v) is 36.3. The van der Waals surface area contributed by atoms with Crippen molar-refractivity contribution in [2.45, 2.75) is 104 Å². The standard InChI is InChI=1S/C39H47Cl2N7O5.C36H39Cl2N7O4/c1-3-48-38(51)35(44-39(52)45-36-32(40)23-42-24-33(36)41)22-34(46-48)28-11-9-10-27(18-28)29-19-30(21-31(20-29)53-25-26-12-13-26)37(50)43-14-7-5-4-6-8-15-47(2)16-17-49;1-2-45-35(47)32(41-36(48)42-33-29(37)20-39-21-30(33)38)19-31(43-45)25-8-6-7-24(15-25)26-16-27(18-28(17-26)49-22-23-9-10-23)34(46)40-11-14-44-12-4-3-5-13-44/h9-11,18-24,26,49H,3-8,12-17,25H2,1-2H3,(H,43,50)(H2,42,44,45,52);6-8,15-21,23H,2-5,9-14,22H2,1H3,(H,40,46)(H2,39,41,42,48). The number of hydrogen-bond acceptors (Lipinski definition) is 15. The second-order valence-corrected chi connectivity index (χ2v) is 27.2. The Morgan fingerprint density at radius 3 is 1.42 bits per heavy atom. The van der Waals surface area contributed by atoms with Crippen LogP contribution in [0.1, 0.15) is 112 Å². The number of aromatic nitrogens is 6. The van der Waals surface area contributed by atoms with E-state index < -0.39 is 23.2 Å². The van der Waals surface area contributed by atoms with Crippen LogP contribution in [0.5, 0.6) is 11.5 Å². The third-order valence-electron chi connectivity index (χ3n) is 17.6. The van der Waals surface area contributed by atoms with E-state index in [0.29, 0.717) is 89.8 Å². The number of hydrogen-bond donors (Lipinski definition) is 7. The molecule has 102 heavy (non-hydrogen) atoms. The van der Waals surface area contributed by atoms with Crippen LogP contribution in [-0.4, -0.2) is 141 Å². The Hall–Kier alpha value is -8.94. The first-order valence-electron chi connectivity index (χ1n) is 34.8. The number of piperidine rings is 1. The van der Waals surface area contributed by atoms with Gasteiger partial charge in [-0.2, -0.15) is 10.2 Å². The molecule has 6 amide bonds. The van der Waals surface area contributed by atoms with Gasteiger partial charge in [0.15, 0.2) is 0 Å². The predicted octanol–water partition coefficient (Wildman–Crippen LogP) is 14.3. The van der Waals surface area contributed by atoms with Gasteiger partial charge in [0.1, 0.15) is 22.9 Å². The highest BCUT2D eigenvalue weighted by molar-refractivity contribution is 6.40. The van der Waals surface area contributed by atoms with E-state index in [-0.39, 0.29) is 74.4 Å². The summed E-state index contributed by atoms with van der Waals surface area (Å²) in [6.45, 7) is 11.3. The number of nitrogens with one attached hydrogen (secondary N) is 6. The van der Waals surface area contributed by atoms with E-state index in [9.17, 15) is 28.8 Å². The van der Waals surface area contributed by atoms with Crippen molar-refractivity contribution in [2.24, 2.45) is 11.8 Å². The Kier molecular flexibility index (Phi) is 27.7. The fourth-order valence-electron chi connectivity index (χ4n) is 11.5. The summed E-state index contributed by atoms with van der Waals surface area (Å²) in [6.07, 6.45) is 18.9. The van der Waals surface area contributed by atoms with Crippen molar-refractivity contribution >= 4 is 93.0 Å². The van der Waals surface area contributed by atoms with Crippen molar-refractivity contribution in [2.75, 3.05) is 93.9 Å². The highest BCUT2D eigenvalue weighted by Gasteiger charge is 2.25. The molecular weight excluding hydrogens is 1380 g/mol. The fourth-order valence-corrected chi connectivity index (χ4v) is 12.4. The van der Waals surface area contributed by atoms with Gasteiger partial charge >= 0.3 is 12.1 Å². The van der Waals surface area contributed by atoms with Gasteiger partial charge in [0, 0.05) is 86.3 Å². The molecule has 1 saturated heterocycles. The Bertz CT molecular complexity index is 4330. The third kappa shape index (κ3) is 22.0. The summed E-state index contributed by atoms with van der Waals surface area (Å²) in [5, 5.41) is 35.3. The number of benzene rings is 4. The van der Waals surface area contributed by atoms with Gasteiger partial charge < -0.3 is 56.3 Å². The Morgan fingerprint density at radius 1 is 0.529 bits per heavy atom. The van der Waals surface area contributed by atoms with Crippen molar-refractivity contribution in [1.29, 1.82) is 0 Å². The van der Waals surface area contributed by atoms with Crippen LogP contribution in [0.3, 0.4) is 0 Å². The summed E-state index contributed by atoms with van der Waals surface area (Å²) >= 11 is 24.6. The molecule has 0 unspecified atom stereocenters. The lowest BCUT2D eigenvalue weighted by Crippen LogP contribution is -2.37. The van der Waals surface area contributed by atoms with Gasteiger partial charge in [-0.1, -0.05) is 108 Å². The molecule has 538 valence electrons. The molecule has 0 atom stereocenters. The molecule has 2 saturated carbocycles. The molecule has 23 nitrogen and oxygen atoms in total. The van der Waals surface area contributed by atoms with Crippen molar-refractivity contribution in [3.05, 3.63) is 174 Å². The van der Waals surface area contributed by atoms with Crippen LogP contribution in [0.25, 0.3) is 44.8 Å². The number of rotatable bonds is 31. The molecule has 0 radical (unpaired) electrons. The topological polar surface area (TPSA) is 281 Å². The lowest BCUT2D eigenvalue weighted by atomic mass is 9.99. The molecule has 3 fully saturated rings. The zero-order chi connectivity index (χ0) is 72.1. The van der Waals surface area contributed by atoms with Crippen LogP contribution in [0.15, 0.2) is 131 Å². The maximum Gasteiger partial charge on any atom is 0.323 e. The molecule has 4 aromatic heterocycles. The first kappa shape index (κ1) is 75.7. The fraction of sp³-hybridized carbons (Fsp3) is 0.387. The molecule has 0 spiro atoms. The van der Waals surface area contributed by atoms with Crippen LogP contribution in [0.4, 0.5) is 32.3 Å². The van der Waals surface area contributed by atoms with Crippen LogP contribution >= 0.6 is 46.4 Å². The zero-order valence-electron chi connectivity index (χ0n) is 57.5. The minimum absolute atomic E-state index is 0.0149. The number of carbonyl (C=O) groups excluding carboxylic acids is 4. The van der Waals surface area contributed by atoms with Crippen LogP contribution < -0.4 is 52.5 Å². The second-order valence-electron chi connectivity index (χ2n) is 25.6. The highest BCUT2D eigenvalue weighted by Crippen LogP contribution is 2.36. The SMILES string of the molecule is CCn1nc(-c2cccc(-c3cc(OCC4CC4)cc(C(=O)NCCCCCCCN(C)CCO)c3)c2)cc(NC(=O)Nc2c(Cl)cncc2Cl)c1=O.CCn1nc(-c2cccc(-c3cc(OCC4CC4)cc(C(=O)NCCN4CCCCC4)c3)c2)cc(NC(=O)Nc2c(Cl)cncc2Cl)c1=O. The average molecular weight is 1470 g/mol. The second kappa shape index (κ2) is 37.3. The van der Waals surface area contributed by atoms with Crippen molar-refractivity contribution < 1.29 is 33.8 Å². The van der Waals surface area contributed by atoms with E-state index in [0.717, 1.165) is 106 Å². The van der Waals surface area contributed by atoms with E-state index in [2.05, 4.69) is 61.9 Å². The number of aryl methyl sites for hydroxylation is 2. The van der Waals surface area contributed by atoms with Crippen molar-refractivity contribution in [3.8, 4) is 56.3 Å². The number of anilines is 4. The third-order valence-corrected chi connectivity index (χ3v) is 18.7. The van der Waals surface area contributed by atoms with Gasteiger partial charge in [-0.3, -0.25) is 29.1 Å².